The van der Waals surface area contributed by atoms with Crippen LogP contribution in [0.1, 0.15) is 11.4 Å². The normalized spacial score (nSPS) is 11.3. The summed E-state index contributed by atoms with van der Waals surface area (Å²) in [6.07, 6.45) is 0. The van der Waals surface area contributed by atoms with Gasteiger partial charge in [-0.25, -0.2) is 0 Å². The molecule has 0 amide bonds. The van der Waals surface area contributed by atoms with Crippen LogP contribution in [0, 0.1) is 0 Å². The second kappa shape index (κ2) is 7.72. The molecule has 118 valence electrons. The molecule has 22 heavy (non-hydrogen) atoms. The predicted molar refractivity (Wildman–Crippen MR) is 86.8 cm³/mol. The first-order valence-corrected chi connectivity index (χ1v) is 7.26. The highest BCUT2D eigenvalue weighted by Gasteiger charge is 2.05. The number of nitrogens with zero attached hydrogens (tertiary/aromatic N) is 2. The molecule has 0 spiro atoms. The number of hydrogen-bond donors (Lipinski definition) is 2. The zero-order chi connectivity index (χ0) is 15.9. The SMILES string of the molecule is CN(CCN(C)Cc1cccc(=O)[nH]1)Cc1cccc(=O)[nH]1. The topological polar surface area (TPSA) is 72.2 Å². The first-order chi connectivity index (χ1) is 10.5. The van der Waals surface area contributed by atoms with E-state index in [0.29, 0.717) is 13.1 Å². The van der Waals surface area contributed by atoms with Gasteiger partial charge in [0.1, 0.15) is 0 Å². The van der Waals surface area contributed by atoms with Gasteiger partial charge in [0.15, 0.2) is 0 Å². The fraction of sp³-hybridized carbons (Fsp3) is 0.375. The van der Waals surface area contributed by atoms with Crippen LogP contribution in [-0.4, -0.2) is 47.0 Å². The van der Waals surface area contributed by atoms with E-state index < -0.39 is 0 Å². The van der Waals surface area contributed by atoms with Gasteiger partial charge in [-0.2, -0.15) is 0 Å². The highest BCUT2D eigenvalue weighted by Crippen LogP contribution is 2.00. The monoisotopic (exact) mass is 302 g/mol. The van der Waals surface area contributed by atoms with Gasteiger partial charge in [0.05, 0.1) is 0 Å². The standard InChI is InChI=1S/C16H22N4O2/c1-19(11-13-5-3-7-15(21)17-13)9-10-20(2)12-14-6-4-8-16(22)18-14/h3-8H,9-12H2,1-2H3,(H,17,21)(H,18,22). The second-order valence-electron chi connectivity index (χ2n) is 5.56. The lowest BCUT2D eigenvalue weighted by Gasteiger charge is -2.21. The highest BCUT2D eigenvalue weighted by molar-refractivity contribution is 5.04. The fourth-order valence-corrected chi connectivity index (χ4v) is 2.25. The van der Waals surface area contributed by atoms with E-state index in [1.54, 1.807) is 12.1 Å². The van der Waals surface area contributed by atoms with Crippen molar-refractivity contribution in [1.29, 1.82) is 0 Å². The van der Waals surface area contributed by atoms with Crippen LogP contribution in [0.25, 0.3) is 0 Å². The number of hydrogen-bond acceptors (Lipinski definition) is 4. The zero-order valence-corrected chi connectivity index (χ0v) is 13.0. The zero-order valence-electron chi connectivity index (χ0n) is 13.0. The lowest BCUT2D eigenvalue weighted by atomic mass is 10.3. The molecule has 6 heteroatoms. The van der Waals surface area contributed by atoms with Crippen molar-refractivity contribution in [3.8, 4) is 0 Å². The van der Waals surface area contributed by atoms with Crippen molar-refractivity contribution in [2.75, 3.05) is 27.2 Å². The Kier molecular flexibility index (Phi) is 5.68. The number of H-pyrrole nitrogens is 2. The van der Waals surface area contributed by atoms with Crippen LogP contribution >= 0.6 is 0 Å². The van der Waals surface area contributed by atoms with Gasteiger partial charge in [0.2, 0.25) is 11.1 Å². The van der Waals surface area contributed by atoms with Crippen molar-refractivity contribution in [3.63, 3.8) is 0 Å². The number of pyridine rings is 2. The molecule has 0 atom stereocenters. The molecule has 0 fully saturated rings. The minimum absolute atomic E-state index is 0.0731. The number of aromatic nitrogens is 2. The van der Waals surface area contributed by atoms with Crippen LogP contribution in [0.15, 0.2) is 46.0 Å². The van der Waals surface area contributed by atoms with Crippen LogP contribution in [0.4, 0.5) is 0 Å². The van der Waals surface area contributed by atoms with Crippen molar-refractivity contribution in [1.82, 2.24) is 19.8 Å². The third kappa shape index (κ3) is 5.31. The lowest BCUT2D eigenvalue weighted by Crippen LogP contribution is -2.31. The third-order valence-electron chi connectivity index (χ3n) is 3.40. The maximum atomic E-state index is 11.3. The van der Waals surface area contributed by atoms with E-state index in [1.807, 2.05) is 26.2 Å². The predicted octanol–water partition coefficient (Wildman–Crippen LogP) is 0.627. The molecule has 2 rings (SSSR count). The van der Waals surface area contributed by atoms with Crippen LogP contribution in [-0.2, 0) is 13.1 Å². The Hall–Kier alpha value is -2.18. The van der Waals surface area contributed by atoms with E-state index in [0.717, 1.165) is 24.5 Å². The van der Waals surface area contributed by atoms with Crippen molar-refractivity contribution >= 4 is 0 Å². The number of rotatable bonds is 7. The van der Waals surface area contributed by atoms with E-state index >= 15 is 0 Å². The maximum absolute atomic E-state index is 11.3. The molecular formula is C16H22N4O2. The molecule has 0 aliphatic rings. The van der Waals surface area contributed by atoms with Gasteiger partial charge in [-0.3, -0.25) is 19.4 Å². The summed E-state index contributed by atoms with van der Waals surface area (Å²) in [5, 5.41) is 0. The summed E-state index contributed by atoms with van der Waals surface area (Å²) in [6, 6.07) is 10.4. The molecule has 2 aromatic rings. The summed E-state index contributed by atoms with van der Waals surface area (Å²) < 4.78 is 0. The van der Waals surface area contributed by atoms with Crippen LogP contribution in [0.3, 0.4) is 0 Å². The van der Waals surface area contributed by atoms with Gasteiger partial charge < -0.3 is 9.97 Å². The average Bonchev–Trinajstić information content (AvgIpc) is 2.45. The maximum Gasteiger partial charge on any atom is 0.248 e. The Balaban J connectivity index is 1.79. The number of likely N-dealkylation sites (N-methyl/N-ethyl adjacent to an activating group) is 2. The van der Waals surface area contributed by atoms with E-state index in [9.17, 15) is 9.59 Å². The van der Waals surface area contributed by atoms with Gasteiger partial charge in [0.25, 0.3) is 0 Å². The molecule has 0 aliphatic heterocycles. The summed E-state index contributed by atoms with van der Waals surface area (Å²) in [5.74, 6) is 0. The van der Waals surface area contributed by atoms with Gasteiger partial charge >= 0.3 is 0 Å². The molecule has 2 aromatic heterocycles. The van der Waals surface area contributed by atoms with Crippen LogP contribution < -0.4 is 11.1 Å². The summed E-state index contributed by atoms with van der Waals surface area (Å²) >= 11 is 0. The van der Waals surface area contributed by atoms with Crippen molar-refractivity contribution in [2.45, 2.75) is 13.1 Å². The quantitative estimate of drug-likeness (QED) is 0.787. The van der Waals surface area contributed by atoms with Crippen LogP contribution in [0.5, 0.6) is 0 Å². The molecule has 2 heterocycles. The molecule has 0 bridgehead atoms. The Bertz CT molecular complexity index is 646. The fourth-order valence-electron chi connectivity index (χ4n) is 2.25. The molecule has 2 N–H and O–H groups in total. The molecule has 0 unspecified atom stereocenters. The van der Waals surface area contributed by atoms with E-state index in [2.05, 4.69) is 19.8 Å². The van der Waals surface area contributed by atoms with E-state index in [4.69, 9.17) is 0 Å². The van der Waals surface area contributed by atoms with Crippen molar-refractivity contribution < 1.29 is 0 Å². The Morgan fingerprint density at radius 3 is 1.55 bits per heavy atom. The summed E-state index contributed by atoms with van der Waals surface area (Å²) in [6.45, 7) is 3.13. The highest BCUT2D eigenvalue weighted by atomic mass is 16.1. The van der Waals surface area contributed by atoms with Gasteiger partial charge in [0, 0.05) is 49.7 Å². The smallest absolute Gasteiger partial charge is 0.248 e. The molecule has 0 saturated heterocycles. The Morgan fingerprint density at radius 1 is 0.773 bits per heavy atom. The van der Waals surface area contributed by atoms with E-state index in [1.165, 1.54) is 12.1 Å². The van der Waals surface area contributed by atoms with Gasteiger partial charge in [-0.15, -0.1) is 0 Å². The Morgan fingerprint density at radius 2 is 1.18 bits per heavy atom. The first kappa shape index (κ1) is 16.2. The third-order valence-corrected chi connectivity index (χ3v) is 3.40. The van der Waals surface area contributed by atoms with Crippen LogP contribution in [0.2, 0.25) is 0 Å². The molecule has 6 nitrogen and oxygen atoms in total. The van der Waals surface area contributed by atoms with Crippen molar-refractivity contribution in [3.05, 3.63) is 68.5 Å². The average molecular weight is 302 g/mol. The molecule has 0 saturated carbocycles. The summed E-state index contributed by atoms with van der Waals surface area (Å²) in [5.41, 5.74) is 1.67. The molecule has 0 aromatic carbocycles. The molecular weight excluding hydrogens is 280 g/mol. The summed E-state index contributed by atoms with van der Waals surface area (Å²) in [4.78, 5) is 32.5. The first-order valence-electron chi connectivity index (χ1n) is 7.26. The van der Waals surface area contributed by atoms with E-state index in [-0.39, 0.29) is 11.1 Å². The largest absolute Gasteiger partial charge is 0.325 e. The van der Waals surface area contributed by atoms with Gasteiger partial charge in [-0.1, -0.05) is 12.1 Å². The lowest BCUT2D eigenvalue weighted by molar-refractivity contribution is 0.244. The van der Waals surface area contributed by atoms with Gasteiger partial charge in [-0.05, 0) is 26.2 Å². The minimum atomic E-state index is -0.0731. The molecule has 0 radical (unpaired) electrons. The number of aromatic amines is 2. The minimum Gasteiger partial charge on any atom is -0.325 e. The summed E-state index contributed by atoms with van der Waals surface area (Å²) in [7, 11) is 4.03. The second-order valence-corrected chi connectivity index (χ2v) is 5.56. The van der Waals surface area contributed by atoms with Crippen molar-refractivity contribution in [2.24, 2.45) is 0 Å². The Labute approximate surface area is 129 Å². The number of nitrogens with one attached hydrogen (secondary N) is 2. The molecule has 0 aliphatic carbocycles.